The van der Waals surface area contributed by atoms with Crippen LogP contribution in [0.3, 0.4) is 0 Å². The highest BCUT2D eigenvalue weighted by molar-refractivity contribution is 6.05. The molecule has 1 N–H and O–H groups in total. The van der Waals surface area contributed by atoms with Gasteiger partial charge in [-0.3, -0.25) is 0 Å². The van der Waals surface area contributed by atoms with Crippen LogP contribution in [-0.4, -0.2) is 11.0 Å². The SMILES string of the molecule is O=C1OCc2ccccc21.c1ccc2c(c1)ccc1cc[nH]c12. The first-order valence-corrected chi connectivity index (χ1v) is 7.53. The zero-order valence-electron chi connectivity index (χ0n) is 12.5. The van der Waals surface area contributed by atoms with Crippen LogP contribution in [0.4, 0.5) is 0 Å². The molecule has 2 heterocycles. The lowest BCUT2D eigenvalue weighted by molar-refractivity contribution is 0.0535. The molecule has 112 valence electrons. The van der Waals surface area contributed by atoms with Crippen LogP contribution in [0.25, 0.3) is 21.7 Å². The topological polar surface area (TPSA) is 42.1 Å². The first-order valence-electron chi connectivity index (χ1n) is 7.53. The maximum atomic E-state index is 10.8. The lowest BCUT2D eigenvalue weighted by Gasteiger charge is -1.97. The monoisotopic (exact) mass is 301 g/mol. The van der Waals surface area contributed by atoms with Crippen molar-refractivity contribution in [1.82, 2.24) is 4.98 Å². The number of benzene rings is 3. The first-order chi connectivity index (χ1) is 11.3. The average molecular weight is 301 g/mol. The Balaban J connectivity index is 0.000000122. The molecule has 1 aromatic heterocycles. The van der Waals surface area contributed by atoms with Crippen LogP contribution in [0.15, 0.2) is 72.9 Å². The number of hydrogen-bond donors (Lipinski definition) is 1. The predicted octanol–water partition coefficient (Wildman–Crippen LogP) is 4.68. The van der Waals surface area contributed by atoms with E-state index in [1.54, 1.807) is 6.07 Å². The Morgan fingerprint density at radius 1 is 0.826 bits per heavy atom. The molecule has 0 saturated carbocycles. The molecule has 0 radical (unpaired) electrons. The average Bonchev–Trinajstić information content (AvgIpc) is 3.23. The summed E-state index contributed by atoms with van der Waals surface area (Å²) in [6, 6.07) is 22.3. The number of cyclic esters (lactones) is 1. The van der Waals surface area contributed by atoms with Crippen LogP contribution in [0.2, 0.25) is 0 Å². The summed E-state index contributed by atoms with van der Waals surface area (Å²) in [6.45, 7) is 0.439. The van der Waals surface area contributed by atoms with Crippen molar-refractivity contribution in [2.24, 2.45) is 0 Å². The molecule has 4 aromatic rings. The van der Waals surface area contributed by atoms with E-state index in [1.807, 2.05) is 24.4 Å². The van der Waals surface area contributed by atoms with Crippen molar-refractivity contribution in [3.8, 4) is 0 Å². The van der Waals surface area contributed by atoms with E-state index in [0.717, 1.165) is 5.56 Å². The second kappa shape index (κ2) is 5.61. The molecule has 0 saturated heterocycles. The summed E-state index contributed by atoms with van der Waals surface area (Å²) in [5.74, 6) is -0.199. The van der Waals surface area contributed by atoms with Gasteiger partial charge in [0.15, 0.2) is 0 Å². The van der Waals surface area contributed by atoms with Gasteiger partial charge in [-0.2, -0.15) is 0 Å². The van der Waals surface area contributed by atoms with Crippen molar-refractivity contribution in [1.29, 1.82) is 0 Å². The van der Waals surface area contributed by atoms with Gasteiger partial charge in [-0.25, -0.2) is 4.79 Å². The number of ether oxygens (including phenoxy) is 1. The second-order valence-corrected chi connectivity index (χ2v) is 5.46. The van der Waals surface area contributed by atoms with E-state index in [0.29, 0.717) is 12.2 Å². The molecule has 3 heteroatoms. The van der Waals surface area contributed by atoms with Crippen molar-refractivity contribution in [2.45, 2.75) is 6.61 Å². The zero-order chi connectivity index (χ0) is 15.6. The summed E-state index contributed by atoms with van der Waals surface area (Å²) >= 11 is 0. The Morgan fingerprint density at radius 2 is 1.61 bits per heavy atom. The van der Waals surface area contributed by atoms with Crippen LogP contribution in [0.5, 0.6) is 0 Å². The van der Waals surface area contributed by atoms with Gasteiger partial charge in [0.05, 0.1) is 11.1 Å². The molecule has 0 fully saturated rings. The normalized spacial score (nSPS) is 12.6. The van der Waals surface area contributed by atoms with E-state index in [1.165, 1.54) is 21.7 Å². The molecule has 0 aliphatic carbocycles. The van der Waals surface area contributed by atoms with Gasteiger partial charge in [0, 0.05) is 22.5 Å². The highest BCUT2D eigenvalue weighted by atomic mass is 16.5. The van der Waals surface area contributed by atoms with E-state index in [2.05, 4.69) is 47.4 Å². The molecule has 0 spiro atoms. The molecule has 0 atom stereocenters. The standard InChI is InChI=1S/C12H9N.C8H6O2/c1-2-4-11-9(3-1)5-6-10-7-8-13-12(10)11;9-8-7-4-2-1-3-6(7)5-10-8/h1-8,13H;1-4H,5H2. The number of aromatic amines is 1. The number of carbonyl (C=O) groups excluding carboxylic acids is 1. The quantitative estimate of drug-likeness (QED) is 0.479. The molecule has 1 aliphatic rings. The van der Waals surface area contributed by atoms with Gasteiger partial charge < -0.3 is 9.72 Å². The van der Waals surface area contributed by atoms with Gasteiger partial charge in [-0.05, 0) is 17.5 Å². The van der Waals surface area contributed by atoms with Crippen LogP contribution in [0.1, 0.15) is 15.9 Å². The van der Waals surface area contributed by atoms with E-state index < -0.39 is 0 Å². The zero-order valence-corrected chi connectivity index (χ0v) is 12.5. The summed E-state index contributed by atoms with van der Waals surface area (Å²) in [5, 5.41) is 3.86. The van der Waals surface area contributed by atoms with Crippen molar-refractivity contribution < 1.29 is 9.53 Å². The number of carbonyl (C=O) groups is 1. The van der Waals surface area contributed by atoms with Crippen LogP contribution >= 0.6 is 0 Å². The van der Waals surface area contributed by atoms with Gasteiger partial charge in [0.25, 0.3) is 0 Å². The summed E-state index contributed by atoms with van der Waals surface area (Å²) in [7, 11) is 0. The molecule has 0 bridgehead atoms. The number of fused-ring (bicyclic) bond motifs is 4. The molecule has 23 heavy (non-hydrogen) atoms. The number of nitrogens with one attached hydrogen (secondary N) is 1. The third-order valence-electron chi connectivity index (χ3n) is 4.05. The summed E-state index contributed by atoms with van der Waals surface area (Å²) in [5.41, 5.74) is 2.94. The van der Waals surface area contributed by atoms with E-state index in [9.17, 15) is 4.79 Å². The van der Waals surface area contributed by atoms with Crippen LogP contribution < -0.4 is 0 Å². The third kappa shape index (κ3) is 2.46. The Bertz CT molecular complexity index is 1000. The molecule has 0 unspecified atom stereocenters. The van der Waals surface area contributed by atoms with Crippen LogP contribution in [-0.2, 0) is 11.3 Å². The van der Waals surface area contributed by atoms with Gasteiger partial charge >= 0.3 is 5.97 Å². The van der Waals surface area contributed by atoms with Crippen molar-refractivity contribution in [2.75, 3.05) is 0 Å². The molecular weight excluding hydrogens is 286 g/mol. The Kier molecular flexibility index (Phi) is 3.31. The van der Waals surface area contributed by atoms with Crippen molar-refractivity contribution in [3.05, 3.63) is 84.1 Å². The smallest absolute Gasteiger partial charge is 0.338 e. The molecular formula is C20H15NO2. The Labute approximate surface area is 133 Å². The fraction of sp³-hybridized carbons (Fsp3) is 0.0500. The lowest BCUT2D eigenvalue weighted by Crippen LogP contribution is -1.91. The van der Waals surface area contributed by atoms with E-state index >= 15 is 0 Å². The highest BCUT2D eigenvalue weighted by Gasteiger charge is 2.18. The second-order valence-electron chi connectivity index (χ2n) is 5.46. The first kappa shape index (κ1) is 13.6. The van der Waals surface area contributed by atoms with Gasteiger partial charge in [0.2, 0.25) is 0 Å². The Morgan fingerprint density at radius 3 is 2.52 bits per heavy atom. The number of aromatic nitrogens is 1. The summed E-state index contributed by atoms with van der Waals surface area (Å²) < 4.78 is 4.78. The van der Waals surface area contributed by atoms with Crippen molar-refractivity contribution >= 4 is 27.6 Å². The third-order valence-corrected chi connectivity index (χ3v) is 4.05. The lowest BCUT2D eigenvalue weighted by atomic mass is 10.1. The minimum atomic E-state index is -0.199. The predicted molar refractivity (Wildman–Crippen MR) is 91.4 cm³/mol. The van der Waals surface area contributed by atoms with Gasteiger partial charge in [-0.15, -0.1) is 0 Å². The molecule has 3 aromatic carbocycles. The number of rotatable bonds is 0. The number of H-pyrrole nitrogens is 1. The van der Waals surface area contributed by atoms with E-state index in [-0.39, 0.29) is 5.97 Å². The molecule has 5 rings (SSSR count). The summed E-state index contributed by atoms with van der Waals surface area (Å²) in [6.07, 6.45) is 1.98. The number of hydrogen-bond acceptors (Lipinski definition) is 2. The highest BCUT2D eigenvalue weighted by Crippen LogP contribution is 2.23. The fourth-order valence-corrected chi connectivity index (χ4v) is 2.87. The maximum Gasteiger partial charge on any atom is 0.338 e. The molecule has 3 nitrogen and oxygen atoms in total. The largest absolute Gasteiger partial charge is 0.457 e. The fourth-order valence-electron chi connectivity index (χ4n) is 2.87. The summed E-state index contributed by atoms with van der Waals surface area (Å²) in [4.78, 5) is 14.1. The minimum Gasteiger partial charge on any atom is -0.457 e. The minimum absolute atomic E-state index is 0.199. The van der Waals surface area contributed by atoms with E-state index in [4.69, 9.17) is 4.74 Å². The maximum absolute atomic E-state index is 10.8. The number of esters is 1. The molecule has 1 aliphatic heterocycles. The van der Waals surface area contributed by atoms with Gasteiger partial charge in [0.1, 0.15) is 6.61 Å². The Hall–Kier alpha value is -3.07. The van der Waals surface area contributed by atoms with Gasteiger partial charge in [-0.1, -0.05) is 54.6 Å². The molecule has 0 amide bonds. The van der Waals surface area contributed by atoms with Crippen LogP contribution in [0, 0.1) is 0 Å². The van der Waals surface area contributed by atoms with Crippen molar-refractivity contribution in [3.63, 3.8) is 0 Å².